The van der Waals surface area contributed by atoms with Gasteiger partial charge in [0.25, 0.3) is 0 Å². The van der Waals surface area contributed by atoms with Crippen molar-refractivity contribution in [1.82, 2.24) is 15.3 Å². The molecule has 1 aliphatic heterocycles. The molecule has 7 heteroatoms. The maximum absolute atomic E-state index is 12.1. The van der Waals surface area contributed by atoms with Gasteiger partial charge in [-0.15, -0.1) is 5.06 Å². The fourth-order valence-electron chi connectivity index (χ4n) is 2.19. The van der Waals surface area contributed by atoms with Gasteiger partial charge < -0.3 is 15.1 Å². The van der Waals surface area contributed by atoms with E-state index in [1.54, 1.807) is 6.34 Å². The van der Waals surface area contributed by atoms with Crippen LogP contribution in [0.25, 0.3) is 0 Å². The summed E-state index contributed by atoms with van der Waals surface area (Å²) in [4.78, 5) is 23.7. The zero-order chi connectivity index (χ0) is 17.5. The van der Waals surface area contributed by atoms with Crippen LogP contribution in [0.5, 0.6) is 0 Å². The first-order chi connectivity index (χ1) is 10.7. The molecule has 1 saturated heterocycles. The molecule has 6 nitrogen and oxygen atoms in total. The molecule has 1 heterocycles. The van der Waals surface area contributed by atoms with Gasteiger partial charge in [0.1, 0.15) is 0 Å². The summed E-state index contributed by atoms with van der Waals surface area (Å²) < 4.78 is 0. The van der Waals surface area contributed by atoms with E-state index in [0.717, 1.165) is 38.8 Å². The monoisotopic (exact) mass is 342 g/mol. The van der Waals surface area contributed by atoms with E-state index in [9.17, 15) is 4.79 Å². The summed E-state index contributed by atoms with van der Waals surface area (Å²) >= 11 is 5.15. The number of nitrogens with zero attached hydrogens (tertiary/aromatic N) is 3. The number of aliphatic imine (C=N–C) groups is 1. The molecule has 1 aliphatic rings. The Kier molecular flexibility index (Phi) is 7.91. The first-order valence-electron chi connectivity index (χ1n) is 8.17. The maximum Gasteiger partial charge on any atom is 0.330 e. The standard InChI is InChI=1S/C16H30N4O2S/c1-16(2,3)14(21)22-20-11-7-6-8-13(20)9-10-17-15(23)18-12-19(4)5/h12-13H,6-11H2,1-5H3,(H,17,23). The van der Waals surface area contributed by atoms with Crippen LogP contribution >= 0.6 is 12.2 Å². The van der Waals surface area contributed by atoms with Gasteiger partial charge in [0.2, 0.25) is 0 Å². The van der Waals surface area contributed by atoms with Crippen LogP contribution in [0.15, 0.2) is 4.99 Å². The van der Waals surface area contributed by atoms with Gasteiger partial charge in [0, 0.05) is 33.2 Å². The molecular formula is C16H30N4O2S. The molecule has 23 heavy (non-hydrogen) atoms. The topological polar surface area (TPSA) is 57.2 Å². The second kappa shape index (κ2) is 9.17. The predicted octanol–water partition coefficient (Wildman–Crippen LogP) is 2.20. The Bertz CT molecular complexity index is 432. The van der Waals surface area contributed by atoms with Gasteiger partial charge in [-0.2, -0.15) is 0 Å². The van der Waals surface area contributed by atoms with E-state index in [4.69, 9.17) is 17.1 Å². The van der Waals surface area contributed by atoms with Gasteiger partial charge in [0.15, 0.2) is 5.11 Å². The number of carbonyl (C=O) groups excluding carboxylic acids is 1. The van der Waals surface area contributed by atoms with Crippen molar-refractivity contribution in [3.8, 4) is 0 Å². The molecule has 1 fully saturated rings. The molecule has 0 aromatic heterocycles. The predicted molar refractivity (Wildman–Crippen MR) is 97.3 cm³/mol. The smallest absolute Gasteiger partial charge is 0.330 e. The van der Waals surface area contributed by atoms with Gasteiger partial charge in [-0.1, -0.05) is 6.42 Å². The molecule has 1 unspecified atom stereocenters. The van der Waals surface area contributed by atoms with Crippen LogP contribution in [0.1, 0.15) is 46.5 Å². The molecule has 0 bridgehead atoms. The van der Waals surface area contributed by atoms with Crippen molar-refractivity contribution in [3.63, 3.8) is 0 Å². The Hall–Kier alpha value is -1.21. The highest BCUT2D eigenvalue weighted by Crippen LogP contribution is 2.23. The van der Waals surface area contributed by atoms with Crippen molar-refractivity contribution >= 4 is 29.6 Å². The van der Waals surface area contributed by atoms with Crippen LogP contribution in [0.4, 0.5) is 0 Å². The molecule has 1 rings (SSSR count). The minimum Gasteiger partial charge on any atom is -0.369 e. The highest BCUT2D eigenvalue weighted by molar-refractivity contribution is 7.80. The molecule has 0 aliphatic carbocycles. The lowest BCUT2D eigenvalue weighted by atomic mass is 9.97. The van der Waals surface area contributed by atoms with Gasteiger partial charge in [-0.05, 0) is 52.3 Å². The van der Waals surface area contributed by atoms with Crippen LogP contribution in [0.3, 0.4) is 0 Å². The molecule has 0 spiro atoms. The molecule has 1 N–H and O–H groups in total. The number of hydrogen-bond donors (Lipinski definition) is 1. The number of carbonyl (C=O) groups is 1. The van der Waals surface area contributed by atoms with Crippen molar-refractivity contribution < 1.29 is 9.63 Å². The van der Waals surface area contributed by atoms with Gasteiger partial charge >= 0.3 is 5.97 Å². The maximum atomic E-state index is 12.1. The summed E-state index contributed by atoms with van der Waals surface area (Å²) in [6, 6.07) is 0.239. The van der Waals surface area contributed by atoms with E-state index in [1.807, 2.05) is 44.8 Å². The largest absolute Gasteiger partial charge is 0.369 e. The minimum atomic E-state index is -0.483. The zero-order valence-electron chi connectivity index (χ0n) is 15.0. The summed E-state index contributed by atoms with van der Waals surface area (Å²) in [5.41, 5.74) is -0.483. The van der Waals surface area contributed by atoms with E-state index in [-0.39, 0.29) is 12.0 Å². The average molecular weight is 343 g/mol. The molecular weight excluding hydrogens is 312 g/mol. The summed E-state index contributed by atoms with van der Waals surface area (Å²) in [7, 11) is 3.80. The second-order valence-electron chi connectivity index (χ2n) is 7.15. The van der Waals surface area contributed by atoms with E-state index in [2.05, 4.69) is 10.3 Å². The number of thiocarbonyl (C=S) groups is 1. The number of hydroxylamine groups is 2. The lowest BCUT2D eigenvalue weighted by molar-refractivity contribution is -0.217. The molecule has 0 aromatic rings. The van der Waals surface area contributed by atoms with Gasteiger partial charge in [0.05, 0.1) is 11.8 Å². The normalized spacial score (nSPS) is 19.6. The molecule has 0 amide bonds. The van der Waals surface area contributed by atoms with Crippen LogP contribution in [-0.4, -0.2) is 60.6 Å². The van der Waals surface area contributed by atoms with Crippen molar-refractivity contribution in [1.29, 1.82) is 0 Å². The first-order valence-corrected chi connectivity index (χ1v) is 8.58. The second-order valence-corrected chi connectivity index (χ2v) is 7.53. The van der Waals surface area contributed by atoms with Gasteiger partial charge in [-0.25, -0.2) is 9.79 Å². The van der Waals surface area contributed by atoms with Crippen LogP contribution < -0.4 is 5.32 Å². The lowest BCUT2D eigenvalue weighted by Crippen LogP contribution is -2.44. The lowest BCUT2D eigenvalue weighted by Gasteiger charge is -2.35. The van der Waals surface area contributed by atoms with Crippen molar-refractivity contribution in [2.45, 2.75) is 52.5 Å². The average Bonchev–Trinajstić information content (AvgIpc) is 2.46. The van der Waals surface area contributed by atoms with Crippen LogP contribution in [0.2, 0.25) is 0 Å². The third-order valence-corrected chi connectivity index (χ3v) is 3.80. The molecule has 0 aromatic carbocycles. The fourth-order valence-corrected chi connectivity index (χ4v) is 2.33. The fraction of sp³-hybridized carbons (Fsp3) is 0.812. The van der Waals surface area contributed by atoms with Crippen molar-refractivity contribution in [3.05, 3.63) is 0 Å². The summed E-state index contributed by atoms with van der Waals surface area (Å²) in [5, 5.41) is 5.46. The third kappa shape index (κ3) is 7.74. The zero-order valence-corrected chi connectivity index (χ0v) is 15.8. The number of piperidine rings is 1. The van der Waals surface area contributed by atoms with Crippen LogP contribution in [0, 0.1) is 5.41 Å². The first kappa shape index (κ1) is 19.8. The van der Waals surface area contributed by atoms with E-state index < -0.39 is 5.41 Å². The summed E-state index contributed by atoms with van der Waals surface area (Å²) in [5.74, 6) is -0.177. The van der Waals surface area contributed by atoms with Crippen molar-refractivity contribution in [2.75, 3.05) is 27.2 Å². The van der Waals surface area contributed by atoms with E-state index in [0.29, 0.717) is 5.11 Å². The quantitative estimate of drug-likeness (QED) is 0.470. The van der Waals surface area contributed by atoms with E-state index >= 15 is 0 Å². The van der Waals surface area contributed by atoms with Crippen molar-refractivity contribution in [2.24, 2.45) is 10.4 Å². The summed E-state index contributed by atoms with van der Waals surface area (Å²) in [6.07, 6.45) is 5.81. The Morgan fingerprint density at radius 2 is 2.13 bits per heavy atom. The summed E-state index contributed by atoms with van der Waals surface area (Å²) in [6.45, 7) is 7.14. The molecule has 0 saturated carbocycles. The Morgan fingerprint density at radius 3 is 2.74 bits per heavy atom. The SMILES string of the molecule is CN(C)C=NC(=S)NCCC1CCCCN1OC(=O)C(C)(C)C. The Balaban J connectivity index is 2.43. The minimum absolute atomic E-state index is 0.177. The van der Waals surface area contributed by atoms with E-state index in [1.165, 1.54) is 0 Å². The highest BCUT2D eigenvalue weighted by Gasteiger charge is 2.30. The molecule has 132 valence electrons. The highest BCUT2D eigenvalue weighted by atomic mass is 32.1. The number of hydrogen-bond acceptors (Lipinski definition) is 4. The Morgan fingerprint density at radius 1 is 1.43 bits per heavy atom. The van der Waals surface area contributed by atoms with Crippen LogP contribution in [-0.2, 0) is 9.63 Å². The molecule has 0 radical (unpaired) electrons. The third-order valence-electron chi connectivity index (χ3n) is 3.55. The van der Waals surface area contributed by atoms with Gasteiger partial charge in [-0.3, -0.25) is 0 Å². The Labute approximate surface area is 145 Å². The number of nitrogens with one attached hydrogen (secondary N) is 1. The number of rotatable bonds is 5. The molecule has 1 atom stereocenters.